The van der Waals surface area contributed by atoms with Crippen LogP contribution in [0.15, 0.2) is 11.4 Å². The summed E-state index contributed by atoms with van der Waals surface area (Å²) in [6.45, 7) is 2.91. The van der Waals surface area contributed by atoms with E-state index in [1.165, 1.54) is 0 Å². The minimum Gasteiger partial charge on any atom is -0.351 e. The molecule has 1 rings (SSSR count). The molecule has 0 aromatic carbocycles. The van der Waals surface area contributed by atoms with Gasteiger partial charge in [-0.15, -0.1) is 11.3 Å². The highest BCUT2D eigenvalue weighted by atomic mass is 32.1. The predicted octanol–water partition coefficient (Wildman–Crippen LogP) is 1.47. The first-order valence-corrected chi connectivity index (χ1v) is 6.18. The predicted molar refractivity (Wildman–Crippen MR) is 67.0 cm³/mol. The third kappa shape index (κ3) is 4.05. The van der Waals surface area contributed by atoms with Gasteiger partial charge < -0.3 is 11.1 Å². The molecule has 0 bridgehead atoms. The van der Waals surface area contributed by atoms with Gasteiger partial charge in [0.2, 0.25) is 5.91 Å². The third-order valence-electron chi connectivity index (χ3n) is 1.99. The lowest BCUT2D eigenvalue weighted by Crippen LogP contribution is -2.21. The zero-order chi connectivity index (χ0) is 11.8. The molecule has 0 atom stereocenters. The molecule has 1 aromatic heterocycles. The number of carbonyl (C=O) groups is 1. The number of nitrogens with two attached hydrogens (primary N) is 1. The zero-order valence-corrected chi connectivity index (χ0v) is 10.2. The molecule has 3 nitrogen and oxygen atoms in total. The average molecular weight is 236 g/mol. The molecule has 3 N–H and O–H groups in total. The Balaban J connectivity index is 2.54. The largest absolute Gasteiger partial charge is 0.351 e. The van der Waals surface area contributed by atoms with Crippen LogP contribution >= 0.6 is 11.3 Å². The van der Waals surface area contributed by atoms with E-state index in [1.54, 1.807) is 11.3 Å². The molecule has 16 heavy (non-hydrogen) atoms. The van der Waals surface area contributed by atoms with Crippen molar-refractivity contribution in [1.82, 2.24) is 5.32 Å². The van der Waals surface area contributed by atoms with E-state index in [9.17, 15) is 4.79 Å². The van der Waals surface area contributed by atoms with Gasteiger partial charge in [-0.2, -0.15) is 0 Å². The molecular formula is C12H16N2OS. The molecule has 0 aliphatic carbocycles. The molecule has 4 heteroatoms. The van der Waals surface area contributed by atoms with E-state index < -0.39 is 0 Å². The number of thiophene rings is 1. The van der Waals surface area contributed by atoms with Crippen molar-refractivity contribution in [3.8, 4) is 11.8 Å². The molecule has 0 aliphatic rings. The molecule has 0 radical (unpaired) electrons. The van der Waals surface area contributed by atoms with Crippen molar-refractivity contribution in [2.45, 2.75) is 26.3 Å². The summed E-state index contributed by atoms with van der Waals surface area (Å²) < 4.78 is 0. The molecule has 0 spiro atoms. The molecular weight excluding hydrogens is 220 g/mol. The van der Waals surface area contributed by atoms with Gasteiger partial charge in [-0.1, -0.05) is 18.8 Å². The van der Waals surface area contributed by atoms with E-state index in [0.29, 0.717) is 19.5 Å². The molecule has 0 saturated carbocycles. The Morgan fingerprint density at radius 1 is 1.62 bits per heavy atom. The van der Waals surface area contributed by atoms with Crippen LogP contribution in [-0.2, 0) is 11.3 Å². The van der Waals surface area contributed by atoms with Crippen molar-refractivity contribution in [3.63, 3.8) is 0 Å². The van der Waals surface area contributed by atoms with Crippen molar-refractivity contribution >= 4 is 17.2 Å². The van der Waals surface area contributed by atoms with Gasteiger partial charge in [0.1, 0.15) is 0 Å². The molecule has 0 fully saturated rings. The SMILES string of the molecule is CCCC(=O)NCc1sccc1C#CCN. The van der Waals surface area contributed by atoms with Gasteiger partial charge in [0, 0.05) is 16.9 Å². The first-order chi connectivity index (χ1) is 7.77. The molecule has 0 aliphatic heterocycles. The van der Waals surface area contributed by atoms with Crippen LogP contribution < -0.4 is 11.1 Å². The van der Waals surface area contributed by atoms with Crippen LogP contribution in [0, 0.1) is 11.8 Å². The summed E-state index contributed by atoms with van der Waals surface area (Å²) in [4.78, 5) is 12.4. The van der Waals surface area contributed by atoms with E-state index in [-0.39, 0.29) is 5.91 Å². The Labute approximate surface area is 100 Å². The molecule has 1 heterocycles. The monoisotopic (exact) mass is 236 g/mol. The smallest absolute Gasteiger partial charge is 0.220 e. The number of amides is 1. The van der Waals surface area contributed by atoms with E-state index >= 15 is 0 Å². The van der Waals surface area contributed by atoms with E-state index in [1.807, 2.05) is 18.4 Å². The lowest BCUT2D eigenvalue weighted by atomic mass is 10.2. The Hall–Kier alpha value is -1.31. The van der Waals surface area contributed by atoms with Crippen LogP contribution in [0.3, 0.4) is 0 Å². The maximum atomic E-state index is 11.3. The standard InChI is InChI=1S/C12H16N2OS/c1-2-4-12(15)14-9-11-10(5-3-7-13)6-8-16-11/h6,8H,2,4,7,9,13H2,1H3,(H,14,15). The van der Waals surface area contributed by atoms with Crippen molar-refractivity contribution in [2.75, 3.05) is 6.54 Å². The minimum atomic E-state index is 0.0913. The molecule has 0 saturated heterocycles. The minimum absolute atomic E-state index is 0.0913. The third-order valence-corrected chi connectivity index (χ3v) is 2.91. The second-order valence-corrected chi connectivity index (χ2v) is 4.29. The fourth-order valence-corrected chi connectivity index (χ4v) is 2.00. The van der Waals surface area contributed by atoms with Gasteiger partial charge in [-0.3, -0.25) is 4.79 Å². The fraction of sp³-hybridized carbons (Fsp3) is 0.417. The van der Waals surface area contributed by atoms with E-state index in [0.717, 1.165) is 16.9 Å². The van der Waals surface area contributed by atoms with Gasteiger partial charge in [0.05, 0.1) is 13.1 Å². The Morgan fingerprint density at radius 3 is 3.12 bits per heavy atom. The summed E-state index contributed by atoms with van der Waals surface area (Å²) in [5.74, 6) is 5.90. The van der Waals surface area contributed by atoms with Gasteiger partial charge in [0.15, 0.2) is 0 Å². The van der Waals surface area contributed by atoms with Gasteiger partial charge in [-0.05, 0) is 17.9 Å². The fourth-order valence-electron chi connectivity index (χ4n) is 1.23. The molecule has 0 unspecified atom stereocenters. The first kappa shape index (κ1) is 12.8. The lowest BCUT2D eigenvalue weighted by Gasteiger charge is -2.02. The van der Waals surface area contributed by atoms with Gasteiger partial charge in [-0.25, -0.2) is 0 Å². The zero-order valence-electron chi connectivity index (χ0n) is 9.38. The number of hydrogen-bond donors (Lipinski definition) is 2. The van der Waals surface area contributed by atoms with E-state index in [2.05, 4.69) is 17.2 Å². The van der Waals surface area contributed by atoms with Gasteiger partial charge in [0.25, 0.3) is 0 Å². The van der Waals surface area contributed by atoms with Crippen LogP contribution in [0.5, 0.6) is 0 Å². The molecule has 86 valence electrons. The second kappa shape index (κ2) is 7.04. The summed E-state index contributed by atoms with van der Waals surface area (Å²) in [6, 6.07) is 1.95. The maximum absolute atomic E-state index is 11.3. The first-order valence-electron chi connectivity index (χ1n) is 5.30. The van der Waals surface area contributed by atoms with Crippen LogP contribution in [0.2, 0.25) is 0 Å². The highest BCUT2D eigenvalue weighted by Gasteiger charge is 2.04. The van der Waals surface area contributed by atoms with Crippen LogP contribution in [0.4, 0.5) is 0 Å². The van der Waals surface area contributed by atoms with Crippen LogP contribution in [-0.4, -0.2) is 12.5 Å². The van der Waals surface area contributed by atoms with Crippen molar-refractivity contribution in [2.24, 2.45) is 5.73 Å². The van der Waals surface area contributed by atoms with E-state index in [4.69, 9.17) is 5.73 Å². The van der Waals surface area contributed by atoms with Crippen LogP contribution in [0.1, 0.15) is 30.2 Å². The summed E-state index contributed by atoms with van der Waals surface area (Å²) in [7, 11) is 0. The Bertz CT molecular complexity index is 401. The second-order valence-electron chi connectivity index (χ2n) is 3.29. The Morgan fingerprint density at radius 2 is 2.44 bits per heavy atom. The maximum Gasteiger partial charge on any atom is 0.220 e. The summed E-state index contributed by atoms with van der Waals surface area (Å²) >= 11 is 1.60. The summed E-state index contributed by atoms with van der Waals surface area (Å²) in [5.41, 5.74) is 6.28. The molecule has 1 amide bonds. The topological polar surface area (TPSA) is 55.1 Å². The van der Waals surface area contributed by atoms with Crippen molar-refractivity contribution < 1.29 is 4.79 Å². The normalized spacial score (nSPS) is 9.38. The van der Waals surface area contributed by atoms with Gasteiger partial charge >= 0.3 is 0 Å². The summed E-state index contributed by atoms with van der Waals surface area (Å²) in [5, 5.41) is 4.85. The van der Waals surface area contributed by atoms with Crippen molar-refractivity contribution in [1.29, 1.82) is 0 Å². The average Bonchev–Trinajstić information content (AvgIpc) is 2.71. The van der Waals surface area contributed by atoms with Crippen molar-refractivity contribution in [3.05, 3.63) is 21.9 Å². The number of hydrogen-bond acceptors (Lipinski definition) is 3. The quantitative estimate of drug-likeness (QED) is 0.778. The van der Waals surface area contributed by atoms with Crippen LogP contribution in [0.25, 0.3) is 0 Å². The number of rotatable bonds is 4. The highest BCUT2D eigenvalue weighted by molar-refractivity contribution is 7.10. The summed E-state index contributed by atoms with van der Waals surface area (Å²) in [6.07, 6.45) is 1.45. The molecule has 1 aromatic rings. The lowest BCUT2D eigenvalue weighted by molar-refractivity contribution is -0.121. The Kier molecular flexibility index (Phi) is 5.62. The number of carbonyl (C=O) groups excluding carboxylic acids is 1. The number of nitrogens with one attached hydrogen (secondary N) is 1. The highest BCUT2D eigenvalue weighted by Crippen LogP contribution is 2.15.